The van der Waals surface area contributed by atoms with Crippen LogP contribution >= 0.6 is 0 Å². The van der Waals surface area contributed by atoms with Gasteiger partial charge in [-0.3, -0.25) is 0 Å². The predicted octanol–water partition coefficient (Wildman–Crippen LogP) is 5.27. The van der Waals surface area contributed by atoms with E-state index in [9.17, 15) is 9.90 Å². The van der Waals surface area contributed by atoms with E-state index in [4.69, 9.17) is 28.3 Å². The minimum atomic E-state index is -0.987. The summed E-state index contributed by atoms with van der Waals surface area (Å²) in [5.74, 6) is 1.61. The maximum Gasteiger partial charge on any atom is 0.344 e. The highest BCUT2D eigenvalue weighted by atomic mass is 16.7. The molecule has 1 aromatic heterocycles. The summed E-state index contributed by atoms with van der Waals surface area (Å²) in [6.07, 6.45) is 0.196. The first kappa shape index (κ1) is 24.3. The number of anilines is 1. The molecule has 5 rings (SSSR count). The SMILES string of the molecule is CCC(Oc1cccc(CN(CCCOc2ccccc2)c2nc3cc4c(cc3o2)OCO4)c1)C(=O)O. The molecule has 0 aliphatic carbocycles. The number of carboxylic acids is 1. The lowest BCUT2D eigenvalue weighted by atomic mass is 10.2. The second kappa shape index (κ2) is 11.1. The van der Waals surface area contributed by atoms with Crippen LogP contribution in [0.1, 0.15) is 25.3 Å². The molecule has 0 saturated heterocycles. The second-order valence-corrected chi connectivity index (χ2v) is 8.61. The van der Waals surface area contributed by atoms with Gasteiger partial charge in [0.15, 0.2) is 23.2 Å². The third-order valence-corrected chi connectivity index (χ3v) is 5.92. The highest BCUT2D eigenvalue weighted by Gasteiger charge is 2.21. The standard InChI is InChI=1S/C28H28N2O7/c1-2-23(27(31)32)36-21-11-6-8-19(14-21)17-30(12-7-13-33-20-9-4-3-5-10-20)28-29-22-15-25-26(35-18-34-25)16-24(22)37-28/h3-6,8-11,14-16,23H,2,7,12-13,17-18H2,1H3,(H,31,32). The van der Waals surface area contributed by atoms with Gasteiger partial charge in [-0.15, -0.1) is 0 Å². The van der Waals surface area contributed by atoms with Gasteiger partial charge in [0.2, 0.25) is 6.79 Å². The van der Waals surface area contributed by atoms with E-state index in [0.717, 1.165) is 17.7 Å². The highest BCUT2D eigenvalue weighted by molar-refractivity contribution is 5.79. The first-order chi connectivity index (χ1) is 18.1. The second-order valence-electron chi connectivity index (χ2n) is 8.61. The van der Waals surface area contributed by atoms with E-state index in [1.807, 2.05) is 59.5 Å². The number of carboxylic acid groups (broad SMARTS) is 1. The molecule has 1 unspecified atom stereocenters. The summed E-state index contributed by atoms with van der Waals surface area (Å²) in [5, 5.41) is 9.35. The summed E-state index contributed by atoms with van der Waals surface area (Å²) >= 11 is 0. The van der Waals surface area contributed by atoms with Crippen molar-refractivity contribution in [2.75, 3.05) is 24.8 Å². The molecular weight excluding hydrogens is 476 g/mol. The van der Waals surface area contributed by atoms with E-state index in [1.54, 1.807) is 19.1 Å². The number of aliphatic carboxylic acids is 1. The molecule has 9 nitrogen and oxygen atoms in total. The summed E-state index contributed by atoms with van der Waals surface area (Å²) < 4.78 is 28.6. The molecule has 4 aromatic rings. The van der Waals surface area contributed by atoms with Crippen LogP contribution in [0, 0.1) is 0 Å². The zero-order valence-electron chi connectivity index (χ0n) is 20.5. The molecule has 1 aliphatic heterocycles. The van der Waals surface area contributed by atoms with Gasteiger partial charge in [0, 0.05) is 25.2 Å². The highest BCUT2D eigenvalue weighted by Crippen LogP contribution is 2.37. The minimum Gasteiger partial charge on any atom is -0.494 e. The molecule has 0 fully saturated rings. The summed E-state index contributed by atoms with van der Waals surface area (Å²) in [6, 6.07) is 21.1. The Morgan fingerprint density at radius 1 is 1.05 bits per heavy atom. The van der Waals surface area contributed by atoms with Gasteiger partial charge in [-0.1, -0.05) is 37.3 Å². The van der Waals surface area contributed by atoms with Crippen molar-refractivity contribution in [3.63, 3.8) is 0 Å². The average molecular weight is 505 g/mol. The molecule has 0 amide bonds. The Labute approximate surface area is 214 Å². The third-order valence-electron chi connectivity index (χ3n) is 5.92. The van der Waals surface area contributed by atoms with E-state index in [1.165, 1.54) is 0 Å². The molecule has 1 aliphatic rings. The minimum absolute atomic E-state index is 0.182. The molecule has 37 heavy (non-hydrogen) atoms. The number of nitrogens with zero attached hydrogens (tertiary/aromatic N) is 2. The fraction of sp³-hybridized carbons (Fsp3) is 0.286. The van der Waals surface area contributed by atoms with E-state index in [-0.39, 0.29) is 6.79 Å². The Morgan fingerprint density at radius 3 is 2.62 bits per heavy atom. The third kappa shape index (κ3) is 5.88. The van der Waals surface area contributed by atoms with E-state index < -0.39 is 12.1 Å². The molecule has 1 N–H and O–H groups in total. The van der Waals surface area contributed by atoms with E-state index in [0.29, 0.717) is 60.5 Å². The average Bonchev–Trinajstić information content (AvgIpc) is 3.54. The van der Waals surface area contributed by atoms with Gasteiger partial charge >= 0.3 is 5.97 Å². The maximum atomic E-state index is 11.4. The van der Waals surface area contributed by atoms with Crippen LogP contribution in [0.2, 0.25) is 0 Å². The predicted molar refractivity (Wildman–Crippen MR) is 137 cm³/mol. The molecular formula is C28H28N2O7. The van der Waals surface area contributed by atoms with Gasteiger partial charge in [-0.05, 0) is 42.7 Å². The Kier molecular flexibility index (Phi) is 7.30. The van der Waals surface area contributed by atoms with Crippen molar-refractivity contribution < 1.29 is 33.3 Å². The van der Waals surface area contributed by atoms with Crippen LogP contribution in [0.3, 0.4) is 0 Å². The molecule has 0 saturated carbocycles. The van der Waals surface area contributed by atoms with Crippen LogP contribution in [0.15, 0.2) is 71.1 Å². The molecule has 3 aromatic carbocycles. The number of fused-ring (bicyclic) bond motifs is 2. The van der Waals surface area contributed by atoms with Crippen molar-refractivity contribution in [1.82, 2.24) is 4.98 Å². The molecule has 9 heteroatoms. The quantitative estimate of drug-likeness (QED) is 0.258. The number of oxazole rings is 1. The van der Waals surface area contributed by atoms with Crippen LogP contribution in [0.25, 0.3) is 11.1 Å². The van der Waals surface area contributed by atoms with Crippen LogP contribution in [0.4, 0.5) is 6.01 Å². The monoisotopic (exact) mass is 504 g/mol. The van der Waals surface area contributed by atoms with E-state index >= 15 is 0 Å². The number of benzene rings is 3. The van der Waals surface area contributed by atoms with E-state index in [2.05, 4.69) is 0 Å². The van der Waals surface area contributed by atoms with Crippen molar-refractivity contribution in [2.45, 2.75) is 32.4 Å². The summed E-state index contributed by atoms with van der Waals surface area (Å²) in [7, 11) is 0. The zero-order chi connectivity index (χ0) is 25.6. The van der Waals surface area contributed by atoms with Gasteiger partial charge in [-0.2, -0.15) is 4.98 Å². The summed E-state index contributed by atoms with van der Waals surface area (Å²) in [6.45, 7) is 3.58. The molecule has 0 spiro atoms. The number of hydrogen-bond donors (Lipinski definition) is 1. The van der Waals surface area contributed by atoms with Crippen molar-refractivity contribution in [2.24, 2.45) is 0 Å². The number of para-hydroxylation sites is 1. The lowest BCUT2D eigenvalue weighted by molar-refractivity contribution is -0.145. The van der Waals surface area contributed by atoms with Gasteiger partial charge in [0.1, 0.15) is 17.0 Å². The normalized spacial score (nSPS) is 12.9. The Hall–Kier alpha value is -4.40. The van der Waals surface area contributed by atoms with Crippen molar-refractivity contribution >= 4 is 23.1 Å². The molecule has 0 radical (unpaired) electrons. The number of hydrogen-bond acceptors (Lipinski definition) is 8. The molecule has 192 valence electrons. The first-order valence-corrected chi connectivity index (χ1v) is 12.2. The van der Waals surface area contributed by atoms with Crippen LogP contribution in [-0.4, -0.2) is 42.1 Å². The maximum absolute atomic E-state index is 11.4. The number of aromatic nitrogens is 1. The fourth-order valence-corrected chi connectivity index (χ4v) is 4.06. The van der Waals surface area contributed by atoms with Crippen molar-refractivity contribution in [1.29, 1.82) is 0 Å². The Morgan fingerprint density at radius 2 is 1.84 bits per heavy atom. The fourth-order valence-electron chi connectivity index (χ4n) is 4.06. The summed E-state index contributed by atoms with van der Waals surface area (Å²) in [4.78, 5) is 18.1. The van der Waals surface area contributed by atoms with Gasteiger partial charge < -0.3 is 33.4 Å². The van der Waals surface area contributed by atoms with Crippen molar-refractivity contribution in [3.8, 4) is 23.0 Å². The first-order valence-electron chi connectivity index (χ1n) is 12.2. The molecule has 1 atom stereocenters. The van der Waals surface area contributed by atoms with Crippen molar-refractivity contribution in [3.05, 3.63) is 72.3 Å². The van der Waals surface area contributed by atoms with Crippen LogP contribution in [0.5, 0.6) is 23.0 Å². The van der Waals surface area contributed by atoms with Crippen LogP contribution in [-0.2, 0) is 11.3 Å². The Balaban J connectivity index is 1.34. The lowest BCUT2D eigenvalue weighted by Gasteiger charge is -2.21. The number of ether oxygens (including phenoxy) is 4. The van der Waals surface area contributed by atoms with Gasteiger partial charge in [0.25, 0.3) is 6.01 Å². The van der Waals surface area contributed by atoms with Gasteiger partial charge in [0.05, 0.1) is 6.61 Å². The number of carbonyl (C=O) groups is 1. The largest absolute Gasteiger partial charge is 0.494 e. The van der Waals surface area contributed by atoms with Crippen LogP contribution < -0.4 is 23.8 Å². The Bertz CT molecular complexity index is 1310. The number of rotatable bonds is 12. The zero-order valence-corrected chi connectivity index (χ0v) is 20.5. The molecule has 0 bridgehead atoms. The smallest absolute Gasteiger partial charge is 0.344 e. The summed E-state index contributed by atoms with van der Waals surface area (Å²) in [5.41, 5.74) is 2.21. The van der Waals surface area contributed by atoms with Gasteiger partial charge in [-0.25, -0.2) is 4.79 Å². The lowest BCUT2D eigenvalue weighted by Crippen LogP contribution is -2.27. The topological polar surface area (TPSA) is 103 Å². The molecule has 2 heterocycles.